The standard InChI is InChI=1S/C28H22N4O3S/c1-2-35-28(34)23-22(19-12-6-3-7-13-19)18-36-27(23)29-26(33)24-25(20-14-8-4-9-15-20)32(31-30-24)21-16-10-5-11-17-21/h3-18H,2H2,1H3,(H,29,33). The van der Waals surface area contributed by atoms with Crippen molar-refractivity contribution in [3.8, 4) is 28.1 Å². The average molecular weight is 495 g/mol. The highest BCUT2D eigenvalue weighted by molar-refractivity contribution is 7.15. The van der Waals surface area contributed by atoms with Crippen LogP contribution in [-0.4, -0.2) is 33.5 Å². The minimum absolute atomic E-state index is 0.148. The van der Waals surface area contributed by atoms with Gasteiger partial charge in [-0.15, -0.1) is 16.4 Å². The molecule has 0 saturated carbocycles. The number of hydrogen-bond acceptors (Lipinski definition) is 6. The molecule has 0 spiro atoms. The number of thiophene rings is 1. The summed E-state index contributed by atoms with van der Waals surface area (Å²) in [5, 5.41) is 13.6. The molecular formula is C28H22N4O3S. The molecule has 0 aliphatic rings. The number of carbonyl (C=O) groups is 2. The first-order valence-electron chi connectivity index (χ1n) is 11.4. The van der Waals surface area contributed by atoms with Gasteiger partial charge in [-0.2, -0.15) is 0 Å². The Labute approximate surface area is 212 Å². The van der Waals surface area contributed by atoms with Gasteiger partial charge in [-0.3, -0.25) is 4.79 Å². The summed E-state index contributed by atoms with van der Waals surface area (Å²) in [6.07, 6.45) is 0. The Morgan fingerprint density at radius 3 is 2.14 bits per heavy atom. The van der Waals surface area contributed by atoms with Crippen LogP contribution in [-0.2, 0) is 4.74 Å². The number of aromatic nitrogens is 3. The van der Waals surface area contributed by atoms with Gasteiger partial charge in [0, 0.05) is 16.5 Å². The van der Waals surface area contributed by atoms with Gasteiger partial charge in [0.15, 0.2) is 5.69 Å². The molecule has 5 rings (SSSR count). The zero-order valence-electron chi connectivity index (χ0n) is 19.4. The van der Waals surface area contributed by atoms with E-state index in [1.54, 1.807) is 11.6 Å². The number of amides is 1. The van der Waals surface area contributed by atoms with Gasteiger partial charge in [-0.25, -0.2) is 9.48 Å². The van der Waals surface area contributed by atoms with Crippen molar-refractivity contribution in [2.45, 2.75) is 6.92 Å². The first kappa shape index (κ1) is 23.2. The minimum Gasteiger partial charge on any atom is -0.462 e. The third-order valence-electron chi connectivity index (χ3n) is 5.52. The van der Waals surface area contributed by atoms with E-state index in [9.17, 15) is 9.59 Å². The van der Waals surface area contributed by atoms with E-state index in [2.05, 4.69) is 15.6 Å². The first-order valence-corrected chi connectivity index (χ1v) is 12.3. The molecule has 3 aromatic carbocycles. The molecular weight excluding hydrogens is 472 g/mol. The summed E-state index contributed by atoms with van der Waals surface area (Å²) in [5.41, 5.74) is 4.14. The quantitative estimate of drug-likeness (QED) is 0.277. The van der Waals surface area contributed by atoms with Gasteiger partial charge in [0.1, 0.15) is 16.3 Å². The molecule has 0 atom stereocenters. The predicted octanol–water partition coefficient (Wildman–Crippen LogP) is 6.09. The van der Waals surface area contributed by atoms with E-state index in [0.29, 0.717) is 21.8 Å². The number of nitrogens with one attached hydrogen (secondary N) is 1. The van der Waals surface area contributed by atoms with Gasteiger partial charge in [-0.05, 0) is 24.6 Å². The number of anilines is 1. The number of esters is 1. The minimum atomic E-state index is -0.496. The molecule has 0 fully saturated rings. The normalized spacial score (nSPS) is 10.7. The molecule has 0 aliphatic carbocycles. The van der Waals surface area contributed by atoms with Crippen LogP contribution in [0.2, 0.25) is 0 Å². The molecule has 178 valence electrons. The number of benzene rings is 3. The van der Waals surface area contributed by atoms with Crippen molar-refractivity contribution in [2.24, 2.45) is 0 Å². The Hall–Kier alpha value is -4.56. The molecule has 0 aliphatic heterocycles. The highest BCUT2D eigenvalue weighted by atomic mass is 32.1. The van der Waals surface area contributed by atoms with Crippen LogP contribution in [0.15, 0.2) is 96.4 Å². The number of rotatable bonds is 7. The number of nitrogens with zero attached hydrogens (tertiary/aromatic N) is 3. The van der Waals surface area contributed by atoms with Gasteiger partial charge < -0.3 is 10.1 Å². The average Bonchev–Trinajstić information content (AvgIpc) is 3.55. The zero-order valence-corrected chi connectivity index (χ0v) is 20.2. The second-order valence-corrected chi connectivity index (χ2v) is 8.67. The third-order valence-corrected chi connectivity index (χ3v) is 6.41. The Bertz CT molecular complexity index is 1500. The maximum Gasteiger partial charge on any atom is 0.341 e. The van der Waals surface area contributed by atoms with E-state index in [1.165, 1.54) is 11.3 Å². The van der Waals surface area contributed by atoms with E-state index in [-0.39, 0.29) is 12.3 Å². The molecule has 2 aromatic heterocycles. The lowest BCUT2D eigenvalue weighted by Crippen LogP contribution is -2.16. The van der Waals surface area contributed by atoms with Crippen molar-refractivity contribution in [1.29, 1.82) is 0 Å². The fourth-order valence-electron chi connectivity index (χ4n) is 3.89. The molecule has 0 unspecified atom stereocenters. The second-order valence-electron chi connectivity index (χ2n) is 7.79. The molecule has 8 heteroatoms. The largest absolute Gasteiger partial charge is 0.462 e. The smallest absolute Gasteiger partial charge is 0.341 e. The van der Waals surface area contributed by atoms with Crippen molar-refractivity contribution < 1.29 is 14.3 Å². The van der Waals surface area contributed by atoms with Crippen molar-refractivity contribution in [1.82, 2.24) is 15.0 Å². The van der Waals surface area contributed by atoms with Crippen molar-refractivity contribution in [3.05, 3.63) is 108 Å². The summed E-state index contributed by atoms with van der Waals surface area (Å²) in [6, 6.07) is 28.5. The summed E-state index contributed by atoms with van der Waals surface area (Å²) in [7, 11) is 0. The molecule has 0 radical (unpaired) electrons. The van der Waals surface area contributed by atoms with Crippen molar-refractivity contribution in [2.75, 3.05) is 11.9 Å². The highest BCUT2D eigenvalue weighted by Crippen LogP contribution is 2.37. The van der Waals surface area contributed by atoms with E-state index in [4.69, 9.17) is 4.74 Å². The van der Waals surface area contributed by atoms with Crippen LogP contribution >= 0.6 is 11.3 Å². The number of carbonyl (C=O) groups excluding carboxylic acids is 2. The van der Waals surface area contributed by atoms with Crippen LogP contribution in [0.5, 0.6) is 0 Å². The molecule has 2 heterocycles. The molecule has 1 amide bonds. The fourth-order valence-corrected chi connectivity index (χ4v) is 4.84. The first-order chi connectivity index (χ1) is 17.7. The van der Waals surface area contributed by atoms with E-state index < -0.39 is 11.9 Å². The Kier molecular flexibility index (Phi) is 6.68. The van der Waals surface area contributed by atoms with Crippen LogP contribution in [0, 0.1) is 0 Å². The predicted molar refractivity (Wildman–Crippen MR) is 140 cm³/mol. The summed E-state index contributed by atoms with van der Waals surface area (Å²) in [5.74, 6) is -0.966. The van der Waals surface area contributed by atoms with Crippen LogP contribution in [0.1, 0.15) is 27.8 Å². The monoisotopic (exact) mass is 494 g/mol. The second kappa shape index (κ2) is 10.4. The fraction of sp³-hybridized carbons (Fsp3) is 0.0714. The van der Waals surface area contributed by atoms with Gasteiger partial charge in [-0.1, -0.05) is 84.1 Å². The summed E-state index contributed by atoms with van der Waals surface area (Å²) in [6.45, 7) is 1.97. The maximum absolute atomic E-state index is 13.6. The lowest BCUT2D eigenvalue weighted by Gasteiger charge is -2.10. The lowest BCUT2D eigenvalue weighted by molar-refractivity contribution is 0.0529. The van der Waals surface area contributed by atoms with Crippen LogP contribution < -0.4 is 5.32 Å². The summed E-state index contributed by atoms with van der Waals surface area (Å²) < 4.78 is 6.95. The summed E-state index contributed by atoms with van der Waals surface area (Å²) in [4.78, 5) is 26.5. The molecule has 7 nitrogen and oxygen atoms in total. The van der Waals surface area contributed by atoms with Gasteiger partial charge in [0.25, 0.3) is 5.91 Å². The van der Waals surface area contributed by atoms with Gasteiger partial charge in [0.05, 0.1) is 12.3 Å². The molecule has 0 bridgehead atoms. The van der Waals surface area contributed by atoms with Crippen LogP contribution in [0.25, 0.3) is 28.1 Å². The van der Waals surface area contributed by atoms with Gasteiger partial charge in [0.2, 0.25) is 0 Å². The van der Waals surface area contributed by atoms with Gasteiger partial charge >= 0.3 is 5.97 Å². The lowest BCUT2D eigenvalue weighted by atomic mass is 10.0. The van der Waals surface area contributed by atoms with Crippen LogP contribution in [0.4, 0.5) is 5.00 Å². The molecule has 0 saturated heterocycles. The number of ether oxygens (including phenoxy) is 1. The van der Waals surface area contributed by atoms with E-state index >= 15 is 0 Å². The molecule has 5 aromatic rings. The Balaban J connectivity index is 1.57. The van der Waals surface area contributed by atoms with E-state index in [0.717, 1.165) is 16.8 Å². The highest BCUT2D eigenvalue weighted by Gasteiger charge is 2.27. The zero-order chi connectivity index (χ0) is 24.9. The Morgan fingerprint density at radius 2 is 1.50 bits per heavy atom. The molecule has 1 N–H and O–H groups in total. The Morgan fingerprint density at radius 1 is 0.889 bits per heavy atom. The van der Waals surface area contributed by atoms with E-state index in [1.807, 2.05) is 96.4 Å². The summed E-state index contributed by atoms with van der Waals surface area (Å²) >= 11 is 1.27. The number of hydrogen-bond donors (Lipinski definition) is 1. The van der Waals surface area contributed by atoms with Crippen molar-refractivity contribution >= 4 is 28.2 Å². The van der Waals surface area contributed by atoms with Crippen LogP contribution in [0.3, 0.4) is 0 Å². The SMILES string of the molecule is CCOC(=O)c1c(-c2ccccc2)csc1NC(=O)c1nnn(-c2ccccc2)c1-c1ccccc1. The topological polar surface area (TPSA) is 86.1 Å². The maximum atomic E-state index is 13.6. The number of para-hydroxylation sites is 1. The van der Waals surface area contributed by atoms with Crippen molar-refractivity contribution in [3.63, 3.8) is 0 Å². The molecule has 36 heavy (non-hydrogen) atoms. The third kappa shape index (κ3) is 4.54.